The number of furan rings is 1. The molecule has 1 aliphatic heterocycles. The molecule has 0 N–H and O–H groups in total. The SMILES string of the molecule is CCN(CC)c1ccc(C2CC(C=Cc3ccco3)=NN2c2cccc(OC)n2)cc1. The molecule has 6 nitrogen and oxygen atoms in total. The van der Waals surface area contributed by atoms with Gasteiger partial charge in [0.15, 0.2) is 5.82 Å². The van der Waals surface area contributed by atoms with Crippen LogP contribution < -0.4 is 14.6 Å². The monoisotopic (exact) mass is 416 g/mol. The lowest BCUT2D eigenvalue weighted by atomic mass is 10.0. The maximum absolute atomic E-state index is 5.41. The van der Waals surface area contributed by atoms with E-state index < -0.39 is 0 Å². The number of aromatic nitrogens is 1. The molecule has 0 spiro atoms. The number of benzene rings is 1. The van der Waals surface area contributed by atoms with Crippen LogP contribution in [0.1, 0.15) is 37.6 Å². The number of pyridine rings is 1. The van der Waals surface area contributed by atoms with Crippen LogP contribution in [-0.4, -0.2) is 30.9 Å². The molecule has 31 heavy (non-hydrogen) atoms. The van der Waals surface area contributed by atoms with E-state index in [1.807, 2.05) is 47.5 Å². The molecule has 1 atom stereocenters. The van der Waals surface area contributed by atoms with Crippen LogP contribution in [0.15, 0.2) is 76.5 Å². The van der Waals surface area contributed by atoms with Crippen LogP contribution >= 0.6 is 0 Å². The molecule has 2 aromatic heterocycles. The molecular formula is C25H28N4O2. The molecule has 4 rings (SSSR count). The molecule has 3 heterocycles. The number of allylic oxidation sites excluding steroid dienone is 1. The van der Waals surface area contributed by atoms with E-state index in [4.69, 9.17) is 14.3 Å². The Bertz CT molecular complexity index is 1040. The van der Waals surface area contributed by atoms with Crippen molar-refractivity contribution in [2.75, 3.05) is 30.1 Å². The van der Waals surface area contributed by atoms with E-state index in [1.54, 1.807) is 13.4 Å². The summed E-state index contributed by atoms with van der Waals surface area (Å²) in [4.78, 5) is 6.95. The molecule has 0 fully saturated rings. The average Bonchev–Trinajstić information content (AvgIpc) is 3.49. The maximum atomic E-state index is 5.41. The molecule has 0 radical (unpaired) electrons. The third kappa shape index (κ3) is 4.63. The highest BCUT2D eigenvalue weighted by molar-refractivity contribution is 6.00. The van der Waals surface area contributed by atoms with Crippen molar-refractivity contribution in [1.82, 2.24) is 4.98 Å². The molecule has 3 aromatic rings. The lowest BCUT2D eigenvalue weighted by molar-refractivity contribution is 0.397. The van der Waals surface area contributed by atoms with Crippen molar-refractivity contribution < 1.29 is 9.15 Å². The minimum atomic E-state index is 0.0570. The summed E-state index contributed by atoms with van der Waals surface area (Å²) in [7, 11) is 1.63. The van der Waals surface area contributed by atoms with Gasteiger partial charge in [-0.2, -0.15) is 10.1 Å². The highest BCUT2D eigenvalue weighted by Crippen LogP contribution is 2.36. The first-order valence-electron chi connectivity index (χ1n) is 10.7. The van der Waals surface area contributed by atoms with Crippen molar-refractivity contribution in [2.24, 2.45) is 5.10 Å². The second-order valence-corrected chi connectivity index (χ2v) is 7.31. The van der Waals surface area contributed by atoms with Gasteiger partial charge in [0, 0.05) is 31.3 Å². The summed E-state index contributed by atoms with van der Waals surface area (Å²) >= 11 is 0. The van der Waals surface area contributed by atoms with Crippen LogP contribution in [0.4, 0.5) is 11.5 Å². The highest BCUT2D eigenvalue weighted by atomic mass is 16.5. The summed E-state index contributed by atoms with van der Waals surface area (Å²) in [5, 5.41) is 6.86. The lowest BCUT2D eigenvalue weighted by Gasteiger charge is -2.25. The predicted octanol–water partition coefficient (Wildman–Crippen LogP) is 5.55. The first-order valence-corrected chi connectivity index (χ1v) is 10.7. The standard InChI is InChI=1S/C25H28N4O2/c1-4-28(5-2)21-14-11-19(12-15-21)23-18-20(13-16-22-8-7-17-31-22)27-29(23)24-9-6-10-25(26-24)30-3/h6-17,23H,4-5,18H2,1-3H3. The van der Waals surface area contributed by atoms with Gasteiger partial charge in [-0.1, -0.05) is 18.2 Å². The predicted molar refractivity (Wildman–Crippen MR) is 126 cm³/mol. The van der Waals surface area contributed by atoms with Gasteiger partial charge in [-0.25, -0.2) is 5.01 Å². The van der Waals surface area contributed by atoms with Crippen LogP contribution in [-0.2, 0) is 0 Å². The zero-order valence-electron chi connectivity index (χ0n) is 18.2. The second kappa shape index (κ2) is 9.51. The largest absolute Gasteiger partial charge is 0.481 e. The van der Waals surface area contributed by atoms with Crippen molar-refractivity contribution in [3.8, 4) is 5.88 Å². The normalized spacial score (nSPS) is 16.0. The number of hydrogen-bond donors (Lipinski definition) is 0. The third-order valence-electron chi connectivity index (χ3n) is 5.48. The summed E-state index contributed by atoms with van der Waals surface area (Å²) in [6.07, 6.45) is 6.40. The van der Waals surface area contributed by atoms with Crippen molar-refractivity contribution >= 4 is 23.3 Å². The molecule has 0 saturated heterocycles. The van der Waals surface area contributed by atoms with Gasteiger partial charge >= 0.3 is 0 Å². The first-order chi connectivity index (χ1) is 15.2. The number of ether oxygens (including phenoxy) is 1. The summed E-state index contributed by atoms with van der Waals surface area (Å²) in [5.41, 5.74) is 3.40. The fraction of sp³-hybridized carbons (Fsp3) is 0.280. The summed E-state index contributed by atoms with van der Waals surface area (Å²) in [6.45, 7) is 6.33. The molecule has 0 saturated carbocycles. The van der Waals surface area contributed by atoms with Crippen LogP contribution in [0, 0.1) is 0 Å². The fourth-order valence-corrected chi connectivity index (χ4v) is 3.81. The van der Waals surface area contributed by atoms with E-state index in [0.29, 0.717) is 5.88 Å². The van der Waals surface area contributed by atoms with Crippen LogP contribution in [0.25, 0.3) is 6.08 Å². The topological polar surface area (TPSA) is 54.1 Å². The van der Waals surface area contributed by atoms with Gasteiger partial charge in [0.2, 0.25) is 5.88 Å². The van der Waals surface area contributed by atoms with Gasteiger partial charge in [-0.15, -0.1) is 0 Å². The smallest absolute Gasteiger partial charge is 0.214 e. The van der Waals surface area contributed by atoms with E-state index >= 15 is 0 Å². The van der Waals surface area contributed by atoms with Gasteiger partial charge in [0.25, 0.3) is 0 Å². The zero-order valence-corrected chi connectivity index (χ0v) is 18.2. The van der Waals surface area contributed by atoms with Crippen molar-refractivity contribution in [2.45, 2.75) is 26.3 Å². The minimum Gasteiger partial charge on any atom is -0.481 e. The van der Waals surface area contributed by atoms with Crippen molar-refractivity contribution in [1.29, 1.82) is 0 Å². The van der Waals surface area contributed by atoms with E-state index in [9.17, 15) is 0 Å². The zero-order chi connectivity index (χ0) is 21.6. The van der Waals surface area contributed by atoms with E-state index in [0.717, 1.165) is 36.8 Å². The molecule has 0 aliphatic carbocycles. The number of rotatable bonds is 8. The van der Waals surface area contributed by atoms with E-state index in [1.165, 1.54) is 11.3 Å². The van der Waals surface area contributed by atoms with Gasteiger partial charge in [0.1, 0.15) is 5.76 Å². The third-order valence-corrected chi connectivity index (χ3v) is 5.48. The Morgan fingerprint density at radius 1 is 1.06 bits per heavy atom. The molecule has 1 unspecified atom stereocenters. The van der Waals surface area contributed by atoms with Crippen LogP contribution in [0.5, 0.6) is 5.88 Å². The Morgan fingerprint density at radius 2 is 1.87 bits per heavy atom. The number of hydrazone groups is 1. The Labute approximate surface area is 183 Å². The van der Waals surface area contributed by atoms with Gasteiger partial charge in [-0.05, 0) is 61.9 Å². The van der Waals surface area contributed by atoms with E-state index in [2.05, 4.69) is 48.0 Å². The molecule has 160 valence electrons. The Hall–Kier alpha value is -3.54. The average molecular weight is 417 g/mol. The minimum absolute atomic E-state index is 0.0570. The van der Waals surface area contributed by atoms with Crippen LogP contribution in [0.3, 0.4) is 0 Å². The van der Waals surface area contributed by atoms with Gasteiger partial charge < -0.3 is 14.1 Å². The quantitative estimate of drug-likeness (QED) is 0.482. The fourth-order valence-electron chi connectivity index (χ4n) is 3.81. The summed E-state index contributed by atoms with van der Waals surface area (Å²) < 4.78 is 10.7. The number of nitrogens with zero attached hydrogens (tertiary/aromatic N) is 4. The molecular weight excluding hydrogens is 388 g/mol. The summed E-state index contributed by atoms with van der Waals surface area (Å²) in [6, 6.07) is 18.4. The number of methoxy groups -OCH3 is 1. The van der Waals surface area contributed by atoms with E-state index in [-0.39, 0.29) is 6.04 Å². The van der Waals surface area contributed by atoms with Crippen molar-refractivity contribution in [3.05, 3.63) is 78.3 Å². The maximum Gasteiger partial charge on any atom is 0.214 e. The van der Waals surface area contributed by atoms with Gasteiger partial charge in [-0.3, -0.25) is 0 Å². The molecule has 0 bridgehead atoms. The van der Waals surface area contributed by atoms with Crippen molar-refractivity contribution in [3.63, 3.8) is 0 Å². The molecule has 1 aromatic carbocycles. The second-order valence-electron chi connectivity index (χ2n) is 7.31. The Morgan fingerprint density at radius 3 is 2.55 bits per heavy atom. The molecule has 1 aliphatic rings. The van der Waals surface area contributed by atoms with Gasteiger partial charge in [0.05, 0.1) is 25.1 Å². The molecule has 0 amide bonds. The Balaban J connectivity index is 1.64. The Kier molecular flexibility index (Phi) is 6.36. The number of hydrogen-bond acceptors (Lipinski definition) is 6. The van der Waals surface area contributed by atoms with Crippen LogP contribution in [0.2, 0.25) is 0 Å². The molecule has 6 heteroatoms. The lowest BCUT2D eigenvalue weighted by Crippen LogP contribution is -2.22. The summed E-state index contributed by atoms with van der Waals surface area (Å²) in [5.74, 6) is 2.14. The highest BCUT2D eigenvalue weighted by Gasteiger charge is 2.29. The first kappa shape index (κ1) is 20.7. The number of anilines is 2.